The first-order chi connectivity index (χ1) is 9.84. The number of esters is 1. The topological polar surface area (TPSA) is 56.8 Å². The second kappa shape index (κ2) is 6.13. The summed E-state index contributed by atoms with van der Waals surface area (Å²) in [5.74, 6) is 0.244. The number of para-hydroxylation sites is 1. The third-order valence-electron chi connectivity index (χ3n) is 3.57. The molecule has 3 rings (SSSR count). The molecule has 2 heterocycles. The highest BCUT2D eigenvalue weighted by Gasteiger charge is 2.22. The summed E-state index contributed by atoms with van der Waals surface area (Å²) in [4.78, 5) is 12.2. The number of ether oxygens (including phenoxy) is 3. The molecular formula is C15H19NO4. The molecule has 0 amide bonds. The van der Waals surface area contributed by atoms with Gasteiger partial charge in [-0.2, -0.15) is 0 Å². The van der Waals surface area contributed by atoms with E-state index < -0.39 is 0 Å². The number of hydrogen-bond acceptors (Lipinski definition) is 5. The third-order valence-corrected chi connectivity index (χ3v) is 3.57. The summed E-state index contributed by atoms with van der Waals surface area (Å²) in [5.41, 5.74) is 1.32. The lowest BCUT2D eigenvalue weighted by molar-refractivity contribution is -0.0301. The van der Waals surface area contributed by atoms with Gasteiger partial charge in [0.2, 0.25) is 0 Å². The van der Waals surface area contributed by atoms with Crippen molar-refractivity contribution in [1.29, 1.82) is 0 Å². The largest absolute Gasteiger partial charge is 0.489 e. The van der Waals surface area contributed by atoms with Gasteiger partial charge in [0.1, 0.15) is 18.8 Å². The van der Waals surface area contributed by atoms with Gasteiger partial charge in [0.15, 0.2) is 5.75 Å². The Kier molecular flexibility index (Phi) is 4.06. The van der Waals surface area contributed by atoms with E-state index >= 15 is 0 Å². The highest BCUT2D eigenvalue weighted by Crippen LogP contribution is 2.31. The maximum atomic E-state index is 12.2. The fraction of sp³-hybridized carbons (Fsp3) is 0.533. The smallest absolute Gasteiger partial charge is 0.342 e. The van der Waals surface area contributed by atoms with E-state index in [1.807, 2.05) is 12.1 Å². The van der Waals surface area contributed by atoms with Crippen LogP contribution in [-0.4, -0.2) is 38.4 Å². The van der Waals surface area contributed by atoms with Crippen LogP contribution in [0.5, 0.6) is 5.75 Å². The van der Waals surface area contributed by atoms with Crippen LogP contribution in [0, 0.1) is 0 Å². The molecule has 20 heavy (non-hydrogen) atoms. The van der Waals surface area contributed by atoms with Crippen LogP contribution in [0.4, 0.5) is 5.69 Å². The predicted molar refractivity (Wildman–Crippen MR) is 74.3 cm³/mol. The molecule has 1 fully saturated rings. The van der Waals surface area contributed by atoms with Crippen LogP contribution in [-0.2, 0) is 9.47 Å². The van der Waals surface area contributed by atoms with Crippen LogP contribution in [0.1, 0.15) is 29.6 Å². The average Bonchev–Trinajstić information content (AvgIpc) is 2.53. The summed E-state index contributed by atoms with van der Waals surface area (Å²) in [6.45, 7) is 2.39. The van der Waals surface area contributed by atoms with E-state index in [4.69, 9.17) is 14.2 Å². The zero-order valence-electron chi connectivity index (χ0n) is 11.4. The molecule has 1 aromatic rings. The Labute approximate surface area is 118 Å². The van der Waals surface area contributed by atoms with Gasteiger partial charge in [-0.05, 0) is 31.4 Å². The maximum Gasteiger partial charge on any atom is 0.342 e. The molecule has 5 nitrogen and oxygen atoms in total. The minimum atomic E-state index is -0.347. The van der Waals surface area contributed by atoms with E-state index in [0.29, 0.717) is 24.5 Å². The molecule has 1 unspecified atom stereocenters. The van der Waals surface area contributed by atoms with Crippen LogP contribution in [0.2, 0.25) is 0 Å². The van der Waals surface area contributed by atoms with E-state index in [0.717, 1.165) is 38.1 Å². The van der Waals surface area contributed by atoms with Crippen molar-refractivity contribution in [3.63, 3.8) is 0 Å². The van der Waals surface area contributed by atoms with Crippen LogP contribution in [0.3, 0.4) is 0 Å². The summed E-state index contributed by atoms with van der Waals surface area (Å²) >= 11 is 0. The summed E-state index contributed by atoms with van der Waals surface area (Å²) in [7, 11) is 0. The summed E-state index contributed by atoms with van der Waals surface area (Å²) in [5, 5.41) is 3.21. The van der Waals surface area contributed by atoms with Crippen LogP contribution < -0.4 is 10.1 Å². The van der Waals surface area contributed by atoms with Gasteiger partial charge < -0.3 is 19.5 Å². The van der Waals surface area contributed by atoms with Gasteiger partial charge in [0.05, 0.1) is 11.8 Å². The first-order valence-electron chi connectivity index (χ1n) is 7.13. The highest BCUT2D eigenvalue weighted by atomic mass is 16.6. The fourth-order valence-corrected chi connectivity index (χ4v) is 2.52. The lowest BCUT2D eigenvalue weighted by atomic mass is 10.1. The van der Waals surface area contributed by atoms with Crippen LogP contribution in [0.15, 0.2) is 18.2 Å². The Balaban J connectivity index is 1.64. The van der Waals surface area contributed by atoms with Crippen molar-refractivity contribution in [2.75, 3.05) is 31.7 Å². The van der Waals surface area contributed by atoms with Gasteiger partial charge >= 0.3 is 5.97 Å². The molecule has 1 saturated heterocycles. The number of hydrogen-bond donors (Lipinski definition) is 1. The number of benzene rings is 1. The average molecular weight is 277 g/mol. The lowest BCUT2D eigenvalue weighted by Gasteiger charge is -2.23. The molecule has 0 aliphatic carbocycles. The van der Waals surface area contributed by atoms with Crippen molar-refractivity contribution in [3.05, 3.63) is 23.8 Å². The fourth-order valence-electron chi connectivity index (χ4n) is 2.52. The molecule has 5 heteroatoms. The Morgan fingerprint density at radius 1 is 1.35 bits per heavy atom. The van der Waals surface area contributed by atoms with Gasteiger partial charge in [0.25, 0.3) is 0 Å². The Morgan fingerprint density at radius 3 is 3.15 bits per heavy atom. The van der Waals surface area contributed by atoms with Crippen molar-refractivity contribution in [1.82, 2.24) is 0 Å². The Morgan fingerprint density at radius 2 is 2.30 bits per heavy atom. The maximum absolute atomic E-state index is 12.2. The predicted octanol–water partition coefficient (Wildman–Crippen LogP) is 2.22. The minimum absolute atomic E-state index is 0.0336. The normalized spacial score (nSPS) is 21.3. The first-order valence-corrected chi connectivity index (χ1v) is 7.13. The zero-order valence-corrected chi connectivity index (χ0v) is 11.4. The lowest BCUT2D eigenvalue weighted by Crippen LogP contribution is -2.26. The summed E-state index contributed by atoms with van der Waals surface area (Å²) < 4.78 is 16.5. The van der Waals surface area contributed by atoms with Crippen molar-refractivity contribution in [2.45, 2.75) is 25.4 Å². The molecule has 1 atom stereocenters. The van der Waals surface area contributed by atoms with Gasteiger partial charge in [-0.15, -0.1) is 0 Å². The second-order valence-electron chi connectivity index (χ2n) is 5.04. The third kappa shape index (κ3) is 2.88. The van der Waals surface area contributed by atoms with Crippen LogP contribution in [0.25, 0.3) is 0 Å². The summed E-state index contributed by atoms with van der Waals surface area (Å²) in [6.07, 6.45) is 3.22. The molecule has 108 valence electrons. The molecule has 2 aliphatic rings. The van der Waals surface area contributed by atoms with Gasteiger partial charge in [-0.1, -0.05) is 6.07 Å². The minimum Gasteiger partial charge on any atom is -0.489 e. The highest BCUT2D eigenvalue weighted by molar-refractivity contribution is 5.95. The summed E-state index contributed by atoms with van der Waals surface area (Å²) in [6, 6.07) is 5.46. The van der Waals surface area contributed by atoms with Gasteiger partial charge in [-0.25, -0.2) is 4.79 Å². The van der Waals surface area contributed by atoms with Crippen molar-refractivity contribution in [3.8, 4) is 5.75 Å². The van der Waals surface area contributed by atoms with Crippen LogP contribution >= 0.6 is 0 Å². The van der Waals surface area contributed by atoms with E-state index in [9.17, 15) is 4.79 Å². The monoisotopic (exact) mass is 277 g/mol. The van der Waals surface area contributed by atoms with Crippen molar-refractivity contribution in [2.24, 2.45) is 0 Å². The SMILES string of the molecule is O=C(OCC1CCCCO1)c1cccc2c1OCCN2. The molecule has 0 aromatic heterocycles. The molecule has 0 spiro atoms. The van der Waals surface area contributed by atoms with Crippen molar-refractivity contribution < 1.29 is 19.0 Å². The number of carbonyl (C=O) groups is 1. The zero-order chi connectivity index (χ0) is 13.8. The van der Waals surface area contributed by atoms with Gasteiger partial charge in [-0.3, -0.25) is 0 Å². The molecule has 0 saturated carbocycles. The number of rotatable bonds is 3. The Bertz CT molecular complexity index is 483. The van der Waals surface area contributed by atoms with E-state index in [-0.39, 0.29) is 12.1 Å². The molecule has 2 aliphatic heterocycles. The first kappa shape index (κ1) is 13.2. The molecule has 1 aromatic carbocycles. The standard InChI is InChI=1S/C15H19NO4/c17-15(20-10-11-4-1-2-8-18-11)12-5-3-6-13-14(12)19-9-7-16-13/h3,5-6,11,16H,1-2,4,7-10H2. The van der Waals surface area contributed by atoms with Crippen molar-refractivity contribution >= 4 is 11.7 Å². The number of nitrogens with one attached hydrogen (secondary N) is 1. The molecular weight excluding hydrogens is 258 g/mol. The van der Waals surface area contributed by atoms with Gasteiger partial charge in [0, 0.05) is 13.2 Å². The van der Waals surface area contributed by atoms with E-state index in [1.54, 1.807) is 6.07 Å². The second-order valence-corrected chi connectivity index (χ2v) is 5.04. The molecule has 0 bridgehead atoms. The Hall–Kier alpha value is -1.75. The molecule has 1 N–H and O–H groups in total. The number of fused-ring (bicyclic) bond motifs is 1. The quantitative estimate of drug-likeness (QED) is 0.858. The molecule has 0 radical (unpaired) electrons. The van der Waals surface area contributed by atoms with E-state index in [1.165, 1.54) is 0 Å². The number of carbonyl (C=O) groups excluding carboxylic acids is 1. The number of anilines is 1. The van der Waals surface area contributed by atoms with E-state index in [2.05, 4.69) is 5.32 Å².